The fourth-order valence-corrected chi connectivity index (χ4v) is 1.94. The Morgan fingerprint density at radius 3 is 2.50 bits per heavy atom. The van der Waals surface area contributed by atoms with Crippen LogP contribution in [-0.2, 0) is 0 Å². The molecule has 2 aromatic rings. The molecule has 1 amide bonds. The van der Waals surface area contributed by atoms with Crippen LogP contribution in [0.2, 0.25) is 0 Å². The van der Waals surface area contributed by atoms with E-state index in [-0.39, 0.29) is 11.6 Å². The predicted octanol–water partition coefficient (Wildman–Crippen LogP) is 2.98. The summed E-state index contributed by atoms with van der Waals surface area (Å²) in [5.74, 6) is -1.76. The molecule has 7 heteroatoms. The molecule has 5 nitrogen and oxygen atoms in total. The third-order valence-corrected chi connectivity index (χ3v) is 3.13. The maximum absolute atomic E-state index is 13.2. The van der Waals surface area contributed by atoms with E-state index in [9.17, 15) is 13.6 Å². The van der Waals surface area contributed by atoms with Crippen LogP contribution in [0.25, 0.3) is 0 Å². The van der Waals surface area contributed by atoms with Gasteiger partial charge in [0, 0.05) is 30.9 Å². The zero-order valence-corrected chi connectivity index (χ0v) is 12.3. The number of aromatic nitrogens is 2. The Bertz CT molecular complexity index is 674. The Balaban J connectivity index is 2.21. The molecular formula is C15H16F2N4O. The maximum Gasteiger partial charge on any atom is 0.272 e. The summed E-state index contributed by atoms with van der Waals surface area (Å²) in [6.45, 7) is 4.91. The van der Waals surface area contributed by atoms with Crippen molar-refractivity contribution < 1.29 is 13.6 Å². The summed E-state index contributed by atoms with van der Waals surface area (Å²) in [7, 11) is 0. The molecule has 22 heavy (non-hydrogen) atoms. The standard InChI is InChI=1S/C15H16F2N4O/c1-3-21(4-2)15(22)13-8-14(19-9-18-13)20-10-5-6-11(16)12(17)7-10/h5-9H,3-4H2,1-2H3,(H,18,19,20). The van der Waals surface area contributed by atoms with Gasteiger partial charge < -0.3 is 10.2 Å². The van der Waals surface area contributed by atoms with Crippen LogP contribution >= 0.6 is 0 Å². The molecule has 0 atom stereocenters. The molecule has 0 saturated carbocycles. The molecule has 0 spiro atoms. The van der Waals surface area contributed by atoms with Crippen molar-refractivity contribution in [1.82, 2.24) is 14.9 Å². The van der Waals surface area contributed by atoms with Crippen LogP contribution in [0.1, 0.15) is 24.3 Å². The lowest BCUT2D eigenvalue weighted by Crippen LogP contribution is -2.31. The van der Waals surface area contributed by atoms with Crippen LogP contribution in [0.4, 0.5) is 20.3 Å². The number of amides is 1. The van der Waals surface area contributed by atoms with Crippen molar-refractivity contribution in [1.29, 1.82) is 0 Å². The first kappa shape index (κ1) is 15.8. The number of hydrogen-bond acceptors (Lipinski definition) is 4. The van der Waals surface area contributed by atoms with E-state index in [0.29, 0.717) is 24.6 Å². The van der Waals surface area contributed by atoms with Gasteiger partial charge in [0.15, 0.2) is 11.6 Å². The largest absolute Gasteiger partial charge is 0.340 e. The number of carbonyl (C=O) groups is 1. The van der Waals surface area contributed by atoms with Gasteiger partial charge in [0.2, 0.25) is 0 Å². The first-order valence-corrected chi connectivity index (χ1v) is 6.88. The molecule has 0 unspecified atom stereocenters. The Morgan fingerprint density at radius 2 is 1.86 bits per heavy atom. The lowest BCUT2D eigenvalue weighted by Gasteiger charge is -2.18. The first-order chi connectivity index (χ1) is 10.5. The molecule has 0 saturated heterocycles. The molecule has 2 rings (SSSR count). The van der Waals surface area contributed by atoms with E-state index < -0.39 is 11.6 Å². The molecule has 0 fully saturated rings. The maximum atomic E-state index is 13.2. The van der Waals surface area contributed by atoms with Crippen molar-refractivity contribution in [3.63, 3.8) is 0 Å². The summed E-state index contributed by atoms with van der Waals surface area (Å²) in [4.78, 5) is 21.8. The summed E-state index contributed by atoms with van der Waals surface area (Å²) >= 11 is 0. The molecule has 0 radical (unpaired) electrons. The second kappa shape index (κ2) is 6.93. The fraction of sp³-hybridized carbons (Fsp3) is 0.267. The normalized spacial score (nSPS) is 10.4. The monoisotopic (exact) mass is 306 g/mol. The number of anilines is 2. The highest BCUT2D eigenvalue weighted by Gasteiger charge is 2.14. The third-order valence-electron chi connectivity index (χ3n) is 3.13. The molecule has 116 valence electrons. The van der Waals surface area contributed by atoms with Gasteiger partial charge in [-0.25, -0.2) is 18.7 Å². The number of hydrogen-bond donors (Lipinski definition) is 1. The topological polar surface area (TPSA) is 58.1 Å². The van der Waals surface area contributed by atoms with Gasteiger partial charge in [-0.2, -0.15) is 0 Å². The molecule has 0 aliphatic heterocycles. The van der Waals surface area contributed by atoms with Gasteiger partial charge in [0.05, 0.1) is 0 Å². The smallest absolute Gasteiger partial charge is 0.272 e. The van der Waals surface area contributed by atoms with Crippen molar-refractivity contribution in [3.8, 4) is 0 Å². The lowest BCUT2D eigenvalue weighted by molar-refractivity contribution is 0.0767. The summed E-state index contributed by atoms with van der Waals surface area (Å²) in [5, 5.41) is 2.81. The van der Waals surface area contributed by atoms with E-state index in [1.54, 1.807) is 4.90 Å². The number of nitrogens with one attached hydrogen (secondary N) is 1. The Morgan fingerprint density at radius 1 is 1.14 bits per heavy atom. The van der Waals surface area contributed by atoms with Gasteiger partial charge in [0.25, 0.3) is 5.91 Å². The zero-order chi connectivity index (χ0) is 16.1. The van der Waals surface area contributed by atoms with Gasteiger partial charge in [-0.1, -0.05) is 0 Å². The number of rotatable bonds is 5. The van der Waals surface area contributed by atoms with Gasteiger partial charge in [-0.15, -0.1) is 0 Å². The van der Waals surface area contributed by atoms with Crippen LogP contribution in [-0.4, -0.2) is 33.9 Å². The van der Waals surface area contributed by atoms with Crippen LogP contribution in [0, 0.1) is 11.6 Å². The van der Waals surface area contributed by atoms with E-state index >= 15 is 0 Å². The van der Waals surface area contributed by atoms with Crippen LogP contribution in [0.5, 0.6) is 0 Å². The third kappa shape index (κ3) is 3.55. The number of carbonyl (C=O) groups excluding carboxylic acids is 1. The molecule has 0 aliphatic rings. The summed E-state index contributed by atoms with van der Waals surface area (Å²) < 4.78 is 26.1. The highest BCUT2D eigenvalue weighted by atomic mass is 19.2. The molecule has 1 aromatic heterocycles. The molecule has 0 bridgehead atoms. The van der Waals surface area contributed by atoms with Crippen molar-refractivity contribution in [2.24, 2.45) is 0 Å². The fourth-order valence-electron chi connectivity index (χ4n) is 1.94. The SMILES string of the molecule is CCN(CC)C(=O)c1cc(Nc2ccc(F)c(F)c2)ncn1. The number of benzene rings is 1. The minimum Gasteiger partial charge on any atom is -0.340 e. The highest BCUT2D eigenvalue weighted by molar-refractivity contribution is 5.93. The molecule has 1 aromatic carbocycles. The lowest BCUT2D eigenvalue weighted by atomic mass is 10.3. The van der Waals surface area contributed by atoms with E-state index in [4.69, 9.17) is 0 Å². The summed E-state index contributed by atoms with van der Waals surface area (Å²) in [5.41, 5.74) is 0.572. The van der Waals surface area contributed by atoms with Gasteiger partial charge in [0.1, 0.15) is 17.8 Å². The van der Waals surface area contributed by atoms with E-state index in [1.807, 2.05) is 13.8 Å². The minimum absolute atomic E-state index is 0.208. The second-order valence-electron chi connectivity index (χ2n) is 4.52. The van der Waals surface area contributed by atoms with Gasteiger partial charge in [-0.05, 0) is 26.0 Å². The number of nitrogens with zero attached hydrogens (tertiary/aromatic N) is 3. The molecule has 1 heterocycles. The van der Waals surface area contributed by atoms with Crippen LogP contribution < -0.4 is 5.32 Å². The minimum atomic E-state index is -0.960. The average Bonchev–Trinajstić information content (AvgIpc) is 2.52. The molecule has 0 aliphatic carbocycles. The van der Waals surface area contributed by atoms with E-state index in [0.717, 1.165) is 12.1 Å². The molecular weight excluding hydrogens is 290 g/mol. The Hall–Kier alpha value is -2.57. The van der Waals surface area contributed by atoms with Gasteiger partial charge >= 0.3 is 0 Å². The summed E-state index contributed by atoms with van der Waals surface area (Å²) in [6.07, 6.45) is 1.25. The second-order valence-corrected chi connectivity index (χ2v) is 4.52. The highest BCUT2D eigenvalue weighted by Crippen LogP contribution is 2.18. The van der Waals surface area contributed by atoms with E-state index in [1.165, 1.54) is 18.5 Å². The summed E-state index contributed by atoms with van der Waals surface area (Å²) in [6, 6.07) is 4.89. The Labute approximate surface area is 127 Å². The number of halogens is 2. The van der Waals surface area contributed by atoms with Gasteiger partial charge in [-0.3, -0.25) is 4.79 Å². The van der Waals surface area contributed by atoms with Crippen molar-refractivity contribution in [2.75, 3.05) is 18.4 Å². The van der Waals surface area contributed by atoms with Crippen molar-refractivity contribution in [3.05, 3.63) is 47.9 Å². The first-order valence-electron chi connectivity index (χ1n) is 6.88. The zero-order valence-electron chi connectivity index (χ0n) is 12.3. The average molecular weight is 306 g/mol. The quantitative estimate of drug-likeness (QED) is 0.922. The van der Waals surface area contributed by atoms with Crippen LogP contribution in [0.15, 0.2) is 30.6 Å². The van der Waals surface area contributed by atoms with E-state index in [2.05, 4.69) is 15.3 Å². The Kier molecular flexibility index (Phi) is 4.98. The van der Waals surface area contributed by atoms with Crippen molar-refractivity contribution in [2.45, 2.75) is 13.8 Å². The van der Waals surface area contributed by atoms with Crippen molar-refractivity contribution >= 4 is 17.4 Å². The molecule has 1 N–H and O–H groups in total. The predicted molar refractivity (Wildman–Crippen MR) is 78.9 cm³/mol. The van der Waals surface area contributed by atoms with Crippen LogP contribution in [0.3, 0.4) is 0 Å².